The lowest BCUT2D eigenvalue weighted by atomic mass is 11.0. The van der Waals surface area contributed by atoms with E-state index in [1.54, 1.807) is 0 Å². The van der Waals surface area contributed by atoms with E-state index >= 15 is 0 Å². The quantitative estimate of drug-likeness (QED) is 0.438. The lowest BCUT2D eigenvalue weighted by Gasteiger charge is -1.96. The summed E-state index contributed by atoms with van der Waals surface area (Å²) in [6.07, 6.45) is 1.29. The molecule has 1 aliphatic rings. The van der Waals surface area contributed by atoms with Gasteiger partial charge in [-0.2, -0.15) is 0 Å². The zero-order valence-corrected chi connectivity index (χ0v) is 5.16. The van der Waals surface area contributed by atoms with Crippen molar-refractivity contribution in [3.8, 4) is 0 Å². The van der Waals surface area contributed by atoms with Gasteiger partial charge in [0.1, 0.15) is 0 Å². The van der Waals surface area contributed by atoms with E-state index in [4.69, 9.17) is 0 Å². The SMILES string of the molecule is C1=NPCCS1. The van der Waals surface area contributed by atoms with Crippen LogP contribution in [0.15, 0.2) is 4.76 Å². The van der Waals surface area contributed by atoms with Crippen molar-refractivity contribution in [2.45, 2.75) is 0 Å². The first kappa shape index (κ1) is 4.61. The van der Waals surface area contributed by atoms with Crippen LogP contribution in [0, 0.1) is 0 Å². The third kappa shape index (κ3) is 1.27. The summed E-state index contributed by atoms with van der Waals surface area (Å²) in [5.74, 6) is 1.28. The van der Waals surface area contributed by atoms with Gasteiger partial charge in [0, 0.05) is 14.5 Å². The molecule has 0 fully saturated rings. The van der Waals surface area contributed by atoms with Gasteiger partial charge >= 0.3 is 0 Å². The topological polar surface area (TPSA) is 12.4 Å². The normalized spacial score (nSPS) is 25.3. The molecule has 3 heteroatoms. The fraction of sp³-hybridized carbons (Fsp3) is 0.667. The lowest BCUT2D eigenvalue weighted by molar-refractivity contribution is 1.53. The maximum atomic E-state index is 4.04. The minimum absolute atomic E-state index is 0.850. The second kappa shape index (κ2) is 2.59. The number of rotatable bonds is 0. The van der Waals surface area contributed by atoms with Gasteiger partial charge in [0.15, 0.2) is 0 Å². The van der Waals surface area contributed by atoms with Crippen molar-refractivity contribution in [2.75, 3.05) is 11.9 Å². The fourth-order valence-corrected chi connectivity index (χ4v) is 1.96. The van der Waals surface area contributed by atoms with Gasteiger partial charge in [0.25, 0.3) is 0 Å². The Bertz CT molecular complexity index is 55.8. The van der Waals surface area contributed by atoms with E-state index in [1.807, 2.05) is 17.3 Å². The van der Waals surface area contributed by atoms with Gasteiger partial charge in [-0.1, -0.05) is 0 Å². The lowest BCUT2D eigenvalue weighted by Crippen LogP contribution is -1.82. The van der Waals surface area contributed by atoms with E-state index in [-0.39, 0.29) is 0 Å². The van der Waals surface area contributed by atoms with E-state index < -0.39 is 0 Å². The van der Waals surface area contributed by atoms with Gasteiger partial charge < -0.3 is 0 Å². The van der Waals surface area contributed by atoms with E-state index in [1.165, 1.54) is 11.9 Å². The second-order valence-corrected chi connectivity index (χ2v) is 3.04. The molecule has 0 saturated heterocycles. The summed E-state index contributed by atoms with van der Waals surface area (Å²) in [4.78, 5) is 0. The number of nitrogens with zero attached hydrogens (tertiary/aromatic N) is 1. The van der Waals surface area contributed by atoms with Crippen LogP contribution in [-0.4, -0.2) is 17.5 Å². The van der Waals surface area contributed by atoms with Crippen LogP contribution in [-0.2, 0) is 0 Å². The first-order valence-electron chi connectivity index (χ1n) is 1.86. The van der Waals surface area contributed by atoms with Crippen LogP contribution >= 0.6 is 20.5 Å². The Morgan fingerprint density at radius 3 is 3.00 bits per heavy atom. The molecule has 0 saturated carbocycles. The summed E-state index contributed by atoms with van der Waals surface area (Å²) in [7, 11) is 0.850. The van der Waals surface area contributed by atoms with Crippen LogP contribution in [0.1, 0.15) is 0 Å². The molecule has 0 N–H and O–H groups in total. The van der Waals surface area contributed by atoms with Crippen molar-refractivity contribution >= 4 is 26.0 Å². The Morgan fingerprint density at radius 1 is 1.83 bits per heavy atom. The van der Waals surface area contributed by atoms with Crippen LogP contribution in [0.4, 0.5) is 0 Å². The molecule has 1 atom stereocenters. The molecule has 0 aromatic rings. The molecule has 0 aromatic heterocycles. The minimum Gasteiger partial charge on any atom is -0.266 e. The van der Waals surface area contributed by atoms with Crippen molar-refractivity contribution in [3.63, 3.8) is 0 Å². The number of hydrogen-bond donors (Lipinski definition) is 0. The highest BCUT2D eigenvalue weighted by Crippen LogP contribution is 2.18. The molecule has 0 aliphatic carbocycles. The van der Waals surface area contributed by atoms with Gasteiger partial charge in [-0.05, 0) is 6.16 Å². The molecular formula is C3H6NPS. The predicted molar refractivity (Wildman–Crippen MR) is 34.1 cm³/mol. The van der Waals surface area contributed by atoms with Gasteiger partial charge in [0.05, 0.1) is 5.55 Å². The summed E-state index contributed by atoms with van der Waals surface area (Å²) >= 11 is 1.81. The molecule has 0 spiro atoms. The highest BCUT2D eigenvalue weighted by Gasteiger charge is 1.88. The summed E-state index contributed by atoms with van der Waals surface area (Å²) < 4.78 is 4.04. The molecule has 0 bridgehead atoms. The molecule has 1 unspecified atom stereocenters. The number of thioether (sulfide) groups is 1. The first-order chi connectivity index (χ1) is 3.00. The summed E-state index contributed by atoms with van der Waals surface area (Å²) in [5.41, 5.74) is 1.95. The van der Waals surface area contributed by atoms with Crippen molar-refractivity contribution < 1.29 is 0 Å². The third-order valence-corrected chi connectivity index (χ3v) is 2.58. The molecule has 1 heterocycles. The maximum absolute atomic E-state index is 4.04. The minimum atomic E-state index is 0.850. The third-order valence-electron chi connectivity index (χ3n) is 0.550. The Morgan fingerprint density at radius 2 is 2.83 bits per heavy atom. The van der Waals surface area contributed by atoms with Crippen LogP contribution in [0.2, 0.25) is 0 Å². The summed E-state index contributed by atoms with van der Waals surface area (Å²) in [6.45, 7) is 0. The van der Waals surface area contributed by atoms with E-state index in [0.717, 1.165) is 8.73 Å². The van der Waals surface area contributed by atoms with E-state index in [9.17, 15) is 0 Å². The van der Waals surface area contributed by atoms with Crippen molar-refractivity contribution in [1.29, 1.82) is 0 Å². The zero-order chi connectivity index (χ0) is 4.24. The Kier molecular flexibility index (Phi) is 1.99. The Hall–Kier alpha value is 0.450. The summed E-state index contributed by atoms with van der Waals surface area (Å²) in [6, 6.07) is 0. The molecule has 1 rings (SSSR count). The highest BCUT2D eigenvalue weighted by molar-refractivity contribution is 8.12. The van der Waals surface area contributed by atoms with Crippen LogP contribution in [0.5, 0.6) is 0 Å². The standard InChI is InChI=1S/C3H6NPS/c1-2-6-3-4-5-1/h3,5H,1-2H2. The Labute approximate surface area is 43.5 Å². The monoisotopic (exact) mass is 119 g/mol. The maximum Gasteiger partial charge on any atom is 0.0582 e. The highest BCUT2D eigenvalue weighted by atomic mass is 32.2. The molecule has 1 nitrogen and oxygen atoms in total. The van der Waals surface area contributed by atoms with Crippen molar-refractivity contribution in [1.82, 2.24) is 0 Å². The molecule has 0 amide bonds. The molecular weight excluding hydrogens is 113 g/mol. The summed E-state index contributed by atoms with van der Waals surface area (Å²) in [5, 5.41) is 0. The van der Waals surface area contributed by atoms with E-state index in [2.05, 4.69) is 4.76 Å². The van der Waals surface area contributed by atoms with Crippen LogP contribution in [0.25, 0.3) is 0 Å². The molecule has 1 aliphatic heterocycles. The smallest absolute Gasteiger partial charge is 0.0582 e. The number of hydrogen-bond acceptors (Lipinski definition) is 2. The van der Waals surface area contributed by atoms with E-state index in [0.29, 0.717) is 0 Å². The largest absolute Gasteiger partial charge is 0.266 e. The zero-order valence-electron chi connectivity index (χ0n) is 3.35. The fourth-order valence-electron chi connectivity index (χ4n) is 0.296. The Balaban J connectivity index is 2.26. The van der Waals surface area contributed by atoms with Gasteiger partial charge in [-0.3, -0.25) is 4.76 Å². The molecule has 0 aromatic carbocycles. The van der Waals surface area contributed by atoms with Gasteiger partial charge in [0.2, 0.25) is 0 Å². The molecule has 0 radical (unpaired) electrons. The van der Waals surface area contributed by atoms with Crippen molar-refractivity contribution in [2.24, 2.45) is 4.76 Å². The van der Waals surface area contributed by atoms with Crippen LogP contribution < -0.4 is 0 Å². The first-order valence-corrected chi connectivity index (χ1v) is 4.06. The van der Waals surface area contributed by atoms with Gasteiger partial charge in [-0.15, -0.1) is 11.8 Å². The van der Waals surface area contributed by atoms with Crippen LogP contribution in [0.3, 0.4) is 0 Å². The average Bonchev–Trinajstić information content (AvgIpc) is 1.72. The molecule has 34 valence electrons. The average molecular weight is 119 g/mol. The van der Waals surface area contributed by atoms with Crippen molar-refractivity contribution in [3.05, 3.63) is 0 Å². The van der Waals surface area contributed by atoms with Gasteiger partial charge in [-0.25, -0.2) is 0 Å². The second-order valence-electron chi connectivity index (χ2n) is 1.01. The molecule has 6 heavy (non-hydrogen) atoms. The predicted octanol–water partition coefficient (Wildman–Crippen LogP) is 1.35.